The van der Waals surface area contributed by atoms with Crippen molar-refractivity contribution in [3.05, 3.63) is 62.4 Å². The third-order valence-corrected chi connectivity index (χ3v) is 4.87. The zero-order chi connectivity index (χ0) is 15.7. The van der Waals surface area contributed by atoms with Crippen molar-refractivity contribution in [1.29, 1.82) is 0 Å². The second-order valence-corrected chi connectivity index (χ2v) is 6.43. The van der Waals surface area contributed by atoms with Crippen molar-refractivity contribution in [2.45, 2.75) is 26.1 Å². The van der Waals surface area contributed by atoms with Gasteiger partial charge in [0.1, 0.15) is 11.6 Å². The molecule has 0 heterocycles. The van der Waals surface area contributed by atoms with Gasteiger partial charge in [0.25, 0.3) is 0 Å². The van der Waals surface area contributed by atoms with Crippen molar-refractivity contribution in [3.63, 3.8) is 0 Å². The van der Waals surface area contributed by atoms with Gasteiger partial charge >= 0.3 is 0 Å². The predicted molar refractivity (Wildman–Crippen MR) is 89.0 cm³/mol. The first-order valence-corrected chi connectivity index (χ1v) is 7.83. The number of aryl methyl sites for hydroxylation is 2. The molecule has 0 fully saturated rings. The molecule has 1 atom stereocenters. The van der Waals surface area contributed by atoms with Crippen LogP contribution in [0, 0.1) is 26.6 Å². The molecule has 2 rings (SSSR count). The Balaban J connectivity index is 2.68. The highest BCUT2D eigenvalue weighted by molar-refractivity contribution is 9.10. The third kappa shape index (κ3) is 3.09. The van der Waals surface area contributed by atoms with Gasteiger partial charge in [0.2, 0.25) is 0 Å². The number of alkyl halides is 1. The zero-order valence-corrected chi connectivity index (χ0v) is 14.8. The van der Waals surface area contributed by atoms with Gasteiger partial charge in [-0.15, -0.1) is 11.6 Å². The Morgan fingerprint density at radius 2 is 1.86 bits per heavy atom. The monoisotopic (exact) mass is 370 g/mol. The zero-order valence-electron chi connectivity index (χ0n) is 12.4. The predicted octanol–water partition coefficient (Wildman–Crippen LogP) is 5.85. The van der Waals surface area contributed by atoms with Gasteiger partial charge in [-0.3, -0.25) is 0 Å². The molecular formula is C17H17BrClFO. The van der Waals surface area contributed by atoms with Crippen molar-refractivity contribution in [2.75, 3.05) is 7.11 Å². The molecule has 0 aliphatic heterocycles. The van der Waals surface area contributed by atoms with Crippen LogP contribution in [0.2, 0.25) is 0 Å². The average molecular weight is 372 g/mol. The highest BCUT2D eigenvalue weighted by Gasteiger charge is 2.24. The van der Waals surface area contributed by atoms with E-state index in [0.29, 0.717) is 11.3 Å². The van der Waals surface area contributed by atoms with Crippen LogP contribution in [0.5, 0.6) is 5.75 Å². The van der Waals surface area contributed by atoms with Gasteiger partial charge < -0.3 is 4.74 Å². The second-order valence-electron chi connectivity index (χ2n) is 5.13. The number of rotatable bonds is 3. The summed E-state index contributed by atoms with van der Waals surface area (Å²) >= 11 is 10.1. The third-order valence-electron chi connectivity index (χ3n) is 3.59. The fraction of sp³-hybridized carbons (Fsp3) is 0.294. The first-order chi connectivity index (χ1) is 9.86. The van der Waals surface area contributed by atoms with E-state index in [1.54, 1.807) is 19.2 Å². The molecule has 0 aromatic heterocycles. The average Bonchev–Trinajstić information content (AvgIpc) is 2.44. The summed E-state index contributed by atoms with van der Waals surface area (Å²) in [5.74, 6) is 0.399. The van der Waals surface area contributed by atoms with Gasteiger partial charge in [-0.05, 0) is 44.0 Å². The molecule has 0 N–H and O–H groups in total. The summed E-state index contributed by atoms with van der Waals surface area (Å²) in [6.07, 6.45) is 0. The van der Waals surface area contributed by atoms with Crippen molar-refractivity contribution >= 4 is 27.5 Å². The Morgan fingerprint density at radius 1 is 1.19 bits per heavy atom. The minimum absolute atomic E-state index is 0.306. The van der Waals surface area contributed by atoms with Crippen molar-refractivity contribution in [1.82, 2.24) is 0 Å². The Kier molecular flexibility index (Phi) is 4.95. The standard InChI is InChI=1S/C17H17BrClFO/c1-9-5-6-14(20)12(7-9)16(19)15-11(3)13(18)8-10(2)17(15)21-4/h5-8,16H,1-4H3. The fourth-order valence-electron chi connectivity index (χ4n) is 2.46. The summed E-state index contributed by atoms with van der Waals surface area (Å²) in [5.41, 5.74) is 4.16. The highest BCUT2D eigenvalue weighted by atomic mass is 79.9. The van der Waals surface area contributed by atoms with E-state index in [-0.39, 0.29) is 5.82 Å². The molecule has 1 unspecified atom stereocenters. The van der Waals surface area contributed by atoms with Gasteiger partial charge in [-0.2, -0.15) is 0 Å². The van der Waals surface area contributed by atoms with E-state index in [4.69, 9.17) is 16.3 Å². The lowest BCUT2D eigenvalue weighted by molar-refractivity contribution is 0.406. The lowest BCUT2D eigenvalue weighted by Gasteiger charge is -2.21. The van der Waals surface area contributed by atoms with E-state index < -0.39 is 5.38 Å². The number of ether oxygens (including phenoxy) is 1. The molecule has 21 heavy (non-hydrogen) atoms. The normalized spacial score (nSPS) is 12.3. The topological polar surface area (TPSA) is 9.23 Å². The number of hydrogen-bond acceptors (Lipinski definition) is 1. The van der Waals surface area contributed by atoms with Gasteiger partial charge in [0.05, 0.1) is 12.5 Å². The number of hydrogen-bond donors (Lipinski definition) is 0. The van der Waals surface area contributed by atoms with Crippen LogP contribution in [0.1, 0.15) is 33.2 Å². The molecule has 0 aliphatic rings. The SMILES string of the molecule is COc1c(C)cc(Br)c(C)c1C(Cl)c1cc(C)ccc1F. The van der Waals surface area contributed by atoms with Gasteiger partial charge in [0, 0.05) is 15.6 Å². The Morgan fingerprint density at radius 3 is 2.48 bits per heavy atom. The summed E-state index contributed by atoms with van der Waals surface area (Å²) in [6.45, 7) is 5.82. The van der Waals surface area contributed by atoms with E-state index in [0.717, 1.165) is 26.7 Å². The largest absolute Gasteiger partial charge is 0.496 e. The highest BCUT2D eigenvalue weighted by Crippen LogP contribution is 2.42. The molecule has 0 spiro atoms. The van der Waals surface area contributed by atoms with Crippen molar-refractivity contribution in [3.8, 4) is 5.75 Å². The van der Waals surface area contributed by atoms with E-state index in [2.05, 4.69) is 15.9 Å². The second kappa shape index (κ2) is 6.37. The van der Waals surface area contributed by atoms with Gasteiger partial charge in [-0.25, -0.2) is 4.39 Å². The molecule has 0 saturated carbocycles. The minimum atomic E-state index is -0.601. The maximum Gasteiger partial charge on any atom is 0.128 e. The lowest BCUT2D eigenvalue weighted by atomic mass is 9.95. The Hall–Kier alpha value is -1.06. The summed E-state index contributed by atoms with van der Waals surface area (Å²) < 4.78 is 20.6. The number of methoxy groups -OCH3 is 1. The van der Waals surface area contributed by atoms with E-state index in [1.165, 1.54) is 6.07 Å². The summed E-state index contributed by atoms with van der Waals surface area (Å²) in [6, 6.07) is 6.95. The summed E-state index contributed by atoms with van der Waals surface area (Å²) in [5, 5.41) is -0.601. The lowest BCUT2D eigenvalue weighted by Crippen LogP contribution is -2.05. The first-order valence-electron chi connectivity index (χ1n) is 6.60. The minimum Gasteiger partial charge on any atom is -0.496 e. The molecule has 0 radical (unpaired) electrons. The van der Waals surface area contributed by atoms with E-state index in [9.17, 15) is 4.39 Å². The maximum absolute atomic E-state index is 14.1. The molecule has 0 bridgehead atoms. The fourth-order valence-corrected chi connectivity index (χ4v) is 3.45. The van der Waals surface area contributed by atoms with Crippen LogP contribution in [-0.2, 0) is 0 Å². The van der Waals surface area contributed by atoms with Crippen LogP contribution in [-0.4, -0.2) is 7.11 Å². The molecule has 0 saturated heterocycles. The molecule has 1 nitrogen and oxygen atoms in total. The van der Waals surface area contributed by atoms with Crippen LogP contribution < -0.4 is 4.74 Å². The van der Waals surface area contributed by atoms with Crippen LogP contribution in [0.4, 0.5) is 4.39 Å². The van der Waals surface area contributed by atoms with Crippen molar-refractivity contribution < 1.29 is 9.13 Å². The molecule has 112 valence electrons. The molecule has 2 aromatic rings. The molecule has 0 amide bonds. The summed E-state index contributed by atoms with van der Waals surface area (Å²) in [4.78, 5) is 0. The van der Waals surface area contributed by atoms with E-state index >= 15 is 0 Å². The molecule has 2 aromatic carbocycles. The molecule has 0 aliphatic carbocycles. The molecular weight excluding hydrogens is 355 g/mol. The Labute approximate surface area is 138 Å². The van der Waals surface area contributed by atoms with Crippen LogP contribution in [0.25, 0.3) is 0 Å². The van der Waals surface area contributed by atoms with Crippen molar-refractivity contribution in [2.24, 2.45) is 0 Å². The van der Waals surface area contributed by atoms with Gasteiger partial charge in [-0.1, -0.05) is 33.6 Å². The maximum atomic E-state index is 14.1. The van der Waals surface area contributed by atoms with Crippen LogP contribution in [0.15, 0.2) is 28.7 Å². The van der Waals surface area contributed by atoms with Crippen LogP contribution in [0.3, 0.4) is 0 Å². The Bertz CT molecular complexity index is 685. The van der Waals surface area contributed by atoms with Gasteiger partial charge in [0.15, 0.2) is 0 Å². The quantitative estimate of drug-likeness (QED) is 0.615. The molecule has 4 heteroatoms. The summed E-state index contributed by atoms with van der Waals surface area (Å²) in [7, 11) is 1.61. The first kappa shape index (κ1) is 16.3. The number of halogens is 3. The van der Waals surface area contributed by atoms with Crippen LogP contribution >= 0.6 is 27.5 Å². The smallest absolute Gasteiger partial charge is 0.128 e. The van der Waals surface area contributed by atoms with E-state index in [1.807, 2.05) is 26.8 Å². The number of benzene rings is 2.